The van der Waals surface area contributed by atoms with Gasteiger partial charge in [-0.3, -0.25) is 0 Å². The zero-order chi connectivity index (χ0) is 11.8. The number of rotatable bonds is 2. The highest BCUT2D eigenvalue weighted by atomic mass is 32.1. The smallest absolute Gasteiger partial charge is 0.126 e. The van der Waals surface area contributed by atoms with E-state index in [1.54, 1.807) is 22.7 Å². The molecule has 3 heterocycles. The van der Waals surface area contributed by atoms with Crippen molar-refractivity contribution in [1.29, 1.82) is 0 Å². The number of aryl methyl sites for hydroxylation is 1. The maximum Gasteiger partial charge on any atom is 0.126 e. The fourth-order valence-electron chi connectivity index (χ4n) is 1.82. The van der Waals surface area contributed by atoms with Crippen LogP contribution in [-0.4, -0.2) is 9.97 Å². The first-order valence-corrected chi connectivity index (χ1v) is 7.02. The number of hydrogen-bond acceptors (Lipinski definition) is 5. The average Bonchev–Trinajstić information content (AvgIpc) is 2.97. The Morgan fingerprint density at radius 3 is 2.82 bits per heavy atom. The van der Waals surface area contributed by atoms with E-state index in [9.17, 15) is 0 Å². The average molecular weight is 261 g/mol. The van der Waals surface area contributed by atoms with Crippen LogP contribution in [0.4, 0.5) is 0 Å². The number of nitrogens with two attached hydrogens (primary N) is 1. The molecule has 0 aliphatic heterocycles. The molecule has 3 rings (SSSR count). The number of nitrogens with zero attached hydrogens (tertiary/aromatic N) is 2. The minimum absolute atomic E-state index is 0.155. The monoisotopic (exact) mass is 261 g/mol. The number of aromatic nitrogens is 2. The van der Waals surface area contributed by atoms with Gasteiger partial charge in [-0.05, 0) is 29.8 Å². The number of thiophene rings is 2. The summed E-state index contributed by atoms with van der Waals surface area (Å²) in [5.41, 5.74) is 8.21. The second kappa shape index (κ2) is 4.18. The minimum atomic E-state index is -0.155. The van der Waals surface area contributed by atoms with Gasteiger partial charge in [0.2, 0.25) is 0 Å². The lowest BCUT2D eigenvalue weighted by molar-refractivity contribution is 0.842. The van der Waals surface area contributed by atoms with Gasteiger partial charge in [0, 0.05) is 4.88 Å². The van der Waals surface area contributed by atoms with Crippen molar-refractivity contribution < 1.29 is 0 Å². The van der Waals surface area contributed by atoms with Crippen LogP contribution in [-0.2, 0) is 0 Å². The number of fused-ring (bicyclic) bond motifs is 1. The molecule has 0 aromatic carbocycles. The summed E-state index contributed by atoms with van der Waals surface area (Å²) in [6.07, 6.45) is 0. The van der Waals surface area contributed by atoms with E-state index in [1.165, 1.54) is 0 Å². The first-order chi connectivity index (χ1) is 8.25. The first-order valence-electron chi connectivity index (χ1n) is 5.26. The summed E-state index contributed by atoms with van der Waals surface area (Å²) in [6.45, 7) is 1.90. The summed E-state index contributed by atoms with van der Waals surface area (Å²) in [5, 5.41) is 4.07. The summed E-state index contributed by atoms with van der Waals surface area (Å²) in [4.78, 5) is 10.1. The van der Waals surface area contributed by atoms with Crippen LogP contribution in [0.1, 0.15) is 22.4 Å². The van der Waals surface area contributed by atoms with Crippen LogP contribution in [0.5, 0.6) is 0 Å². The molecule has 1 unspecified atom stereocenters. The van der Waals surface area contributed by atoms with Gasteiger partial charge >= 0.3 is 0 Å². The van der Waals surface area contributed by atoms with Crippen LogP contribution >= 0.6 is 22.7 Å². The summed E-state index contributed by atoms with van der Waals surface area (Å²) in [7, 11) is 0. The Balaban J connectivity index is 2.19. The molecule has 0 fully saturated rings. The van der Waals surface area contributed by atoms with Crippen molar-refractivity contribution in [3.05, 3.63) is 45.4 Å². The van der Waals surface area contributed by atoms with Crippen LogP contribution in [0.15, 0.2) is 29.0 Å². The van der Waals surface area contributed by atoms with E-state index in [-0.39, 0.29) is 6.04 Å². The van der Waals surface area contributed by atoms with Crippen molar-refractivity contribution in [3.63, 3.8) is 0 Å². The fraction of sp³-hybridized carbons (Fsp3) is 0.167. The normalized spacial score (nSPS) is 13.1. The van der Waals surface area contributed by atoms with E-state index in [4.69, 9.17) is 5.73 Å². The molecule has 17 heavy (non-hydrogen) atoms. The molecule has 0 spiro atoms. The first kappa shape index (κ1) is 10.8. The second-order valence-electron chi connectivity index (χ2n) is 3.78. The van der Waals surface area contributed by atoms with Crippen molar-refractivity contribution in [2.45, 2.75) is 13.0 Å². The summed E-state index contributed by atoms with van der Waals surface area (Å²) in [6, 6.07) is 5.92. The molecule has 3 aromatic rings. The van der Waals surface area contributed by atoms with Gasteiger partial charge in [-0.15, -0.1) is 22.7 Å². The largest absolute Gasteiger partial charge is 0.318 e. The Bertz CT molecular complexity index is 643. The van der Waals surface area contributed by atoms with Crippen LogP contribution in [0.2, 0.25) is 0 Å². The van der Waals surface area contributed by atoms with Gasteiger partial charge in [-0.25, -0.2) is 9.97 Å². The summed E-state index contributed by atoms with van der Waals surface area (Å²) in [5.74, 6) is 0.776. The summed E-state index contributed by atoms with van der Waals surface area (Å²) >= 11 is 3.31. The quantitative estimate of drug-likeness (QED) is 0.771. The lowest BCUT2D eigenvalue weighted by atomic mass is 10.1. The minimum Gasteiger partial charge on any atom is -0.318 e. The van der Waals surface area contributed by atoms with E-state index < -0.39 is 0 Å². The molecular weight excluding hydrogens is 250 g/mol. The molecule has 0 saturated carbocycles. The Hall–Kier alpha value is -1.30. The molecule has 0 bridgehead atoms. The third-order valence-electron chi connectivity index (χ3n) is 2.59. The van der Waals surface area contributed by atoms with E-state index >= 15 is 0 Å². The molecule has 0 aliphatic carbocycles. The predicted molar refractivity (Wildman–Crippen MR) is 72.5 cm³/mol. The lowest BCUT2D eigenvalue weighted by Gasteiger charge is -2.10. The highest BCUT2D eigenvalue weighted by Gasteiger charge is 2.16. The van der Waals surface area contributed by atoms with Crippen molar-refractivity contribution in [2.75, 3.05) is 0 Å². The van der Waals surface area contributed by atoms with Gasteiger partial charge in [0.1, 0.15) is 5.82 Å². The Morgan fingerprint density at radius 2 is 2.06 bits per heavy atom. The Labute approximate surface area is 107 Å². The third-order valence-corrected chi connectivity index (χ3v) is 4.47. The molecule has 3 aromatic heterocycles. The van der Waals surface area contributed by atoms with Crippen molar-refractivity contribution in [1.82, 2.24) is 9.97 Å². The SMILES string of the molecule is Cc1nc(C(N)c2cccs2)c2sccc2n1. The molecular formula is C12H11N3S2. The highest BCUT2D eigenvalue weighted by Crippen LogP contribution is 2.30. The molecule has 86 valence electrons. The van der Waals surface area contributed by atoms with Crippen LogP contribution < -0.4 is 5.73 Å². The molecule has 5 heteroatoms. The Kier molecular flexibility index (Phi) is 2.66. The zero-order valence-electron chi connectivity index (χ0n) is 9.25. The molecule has 3 nitrogen and oxygen atoms in total. The molecule has 0 saturated heterocycles. The van der Waals surface area contributed by atoms with Gasteiger partial charge in [0.15, 0.2) is 0 Å². The molecule has 1 atom stereocenters. The van der Waals surface area contributed by atoms with Crippen molar-refractivity contribution >= 4 is 32.9 Å². The topological polar surface area (TPSA) is 51.8 Å². The highest BCUT2D eigenvalue weighted by molar-refractivity contribution is 7.17. The van der Waals surface area contributed by atoms with Gasteiger partial charge in [0.05, 0.1) is 22.0 Å². The number of hydrogen-bond donors (Lipinski definition) is 1. The van der Waals surface area contributed by atoms with E-state index in [1.807, 2.05) is 35.9 Å². The third kappa shape index (κ3) is 1.86. The van der Waals surface area contributed by atoms with Crippen molar-refractivity contribution in [2.24, 2.45) is 5.73 Å². The van der Waals surface area contributed by atoms with E-state index in [2.05, 4.69) is 9.97 Å². The van der Waals surface area contributed by atoms with Crippen LogP contribution in [0, 0.1) is 6.92 Å². The maximum atomic E-state index is 6.28. The molecule has 0 aliphatic rings. The zero-order valence-corrected chi connectivity index (χ0v) is 10.9. The Morgan fingerprint density at radius 1 is 1.18 bits per heavy atom. The second-order valence-corrected chi connectivity index (χ2v) is 5.68. The predicted octanol–water partition coefficient (Wildman–Crippen LogP) is 3.11. The molecule has 0 radical (unpaired) electrons. The van der Waals surface area contributed by atoms with Gasteiger partial charge in [-0.1, -0.05) is 6.07 Å². The van der Waals surface area contributed by atoms with Crippen LogP contribution in [0.3, 0.4) is 0 Å². The van der Waals surface area contributed by atoms with Crippen molar-refractivity contribution in [3.8, 4) is 0 Å². The molecule has 2 N–H and O–H groups in total. The van der Waals surface area contributed by atoms with E-state index in [0.717, 1.165) is 26.6 Å². The van der Waals surface area contributed by atoms with Gasteiger partial charge < -0.3 is 5.73 Å². The van der Waals surface area contributed by atoms with E-state index in [0.29, 0.717) is 0 Å². The van der Waals surface area contributed by atoms with Gasteiger partial charge in [-0.2, -0.15) is 0 Å². The lowest BCUT2D eigenvalue weighted by Crippen LogP contribution is -2.13. The summed E-state index contributed by atoms with van der Waals surface area (Å²) < 4.78 is 1.09. The van der Waals surface area contributed by atoms with Gasteiger partial charge in [0.25, 0.3) is 0 Å². The molecule has 0 amide bonds. The standard InChI is InChI=1S/C12H11N3S2/c1-7-14-8-4-6-17-12(8)11(15-7)10(13)9-3-2-5-16-9/h2-6,10H,13H2,1H3. The fourth-order valence-corrected chi connectivity index (χ4v) is 3.41. The van der Waals surface area contributed by atoms with Crippen LogP contribution in [0.25, 0.3) is 10.2 Å². The maximum absolute atomic E-state index is 6.28.